The average molecular weight is 499 g/mol. The molecule has 1 aliphatic rings. The summed E-state index contributed by atoms with van der Waals surface area (Å²) in [6.45, 7) is 1.37. The maximum absolute atomic E-state index is 13.2. The lowest BCUT2D eigenvalue weighted by atomic mass is 10.1. The van der Waals surface area contributed by atoms with Crippen LogP contribution < -0.4 is 10.5 Å². The number of carbonyl (C=O) groups is 1. The Labute approximate surface area is 202 Å². The predicted octanol–water partition coefficient (Wildman–Crippen LogP) is 4.49. The van der Waals surface area contributed by atoms with E-state index < -0.39 is 11.7 Å². The topological polar surface area (TPSA) is 58.4 Å². The van der Waals surface area contributed by atoms with Gasteiger partial charge in [-0.2, -0.15) is 13.2 Å². The quantitative estimate of drug-likeness (QED) is 0.416. The van der Waals surface area contributed by atoms with E-state index in [-0.39, 0.29) is 18.0 Å². The van der Waals surface area contributed by atoms with Gasteiger partial charge in [-0.1, -0.05) is 36.4 Å². The van der Waals surface area contributed by atoms with E-state index in [4.69, 9.17) is 0 Å². The summed E-state index contributed by atoms with van der Waals surface area (Å²) in [6.07, 6.45) is -3.01. The number of hydrogen-bond acceptors (Lipinski definition) is 5. The maximum Gasteiger partial charge on any atom is 0.416 e. The standard InChI is InChI=1S/C25H21F3N4O2S/c26-25(27,28)18-7-4-8-19(13-18)30-9-11-31(12-10-30)21(33)14-32-16-29-23-22(24(32)34)20(15-35-23)17-5-2-1-3-6-17/h1-8,13,15-16H,9-12,14H2. The number of benzene rings is 2. The summed E-state index contributed by atoms with van der Waals surface area (Å²) in [5.74, 6) is -0.228. The van der Waals surface area contributed by atoms with Gasteiger partial charge in [-0.05, 0) is 23.8 Å². The van der Waals surface area contributed by atoms with E-state index in [1.807, 2.05) is 40.6 Å². The van der Waals surface area contributed by atoms with Crippen molar-refractivity contribution in [1.29, 1.82) is 0 Å². The van der Waals surface area contributed by atoms with Gasteiger partial charge in [0.15, 0.2) is 0 Å². The normalized spacial score (nSPS) is 14.5. The molecule has 2 aromatic carbocycles. The molecular weight excluding hydrogens is 477 g/mol. The molecule has 180 valence electrons. The zero-order valence-corrected chi connectivity index (χ0v) is 19.4. The number of amides is 1. The number of aromatic nitrogens is 2. The molecule has 1 amide bonds. The Morgan fingerprint density at radius 1 is 1.00 bits per heavy atom. The molecule has 0 radical (unpaired) electrons. The van der Waals surface area contributed by atoms with Gasteiger partial charge in [-0.15, -0.1) is 11.3 Å². The maximum atomic E-state index is 13.2. The Morgan fingerprint density at radius 2 is 1.74 bits per heavy atom. The zero-order chi connectivity index (χ0) is 24.6. The van der Waals surface area contributed by atoms with Crippen LogP contribution >= 0.6 is 11.3 Å². The van der Waals surface area contributed by atoms with E-state index >= 15 is 0 Å². The number of carbonyl (C=O) groups excluding carboxylic acids is 1. The summed E-state index contributed by atoms with van der Waals surface area (Å²) in [7, 11) is 0. The van der Waals surface area contributed by atoms with Crippen molar-refractivity contribution in [2.45, 2.75) is 12.7 Å². The van der Waals surface area contributed by atoms with E-state index in [2.05, 4.69) is 4.98 Å². The highest BCUT2D eigenvalue weighted by Gasteiger charge is 2.31. The number of halogens is 3. The molecule has 1 saturated heterocycles. The molecule has 35 heavy (non-hydrogen) atoms. The van der Waals surface area contributed by atoms with Crippen molar-refractivity contribution in [3.63, 3.8) is 0 Å². The molecular formula is C25H21F3N4O2S. The molecule has 10 heteroatoms. The molecule has 0 bridgehead atoms. The largest absolute Gasteiger partial charge is 0.416 e. The molecule has 0 aliphatic carbocycles. The van der Waals surface area contributed by atoms with Crippen molar-refractivity contribution in [2.75, 3.05) is 31.1 Å². The molecule has 0 unspecified atom stereocenters. The van der Waals surface area contributed by atoms with Crippen LogP contribution in [0.1, 0.15) is 5.56 Å². The zero-order valence-electron chi connectivity index (χ0n) is 18.5. The summed E-state index contributed by atoms with van der Waals surface area (Å²) in [4.78, 5) is 34.6. The Hall–Kier alpha value is -3.66. The molecule has 0 atom stereocenters. The molecule has 0 spiro atoms. The van der Waals surface area contributed by atoms with Crippen molar-refractivity contribution in [1.82, 2.24) is 14.5 Å². The minimum absolute atomic E-state index is 0.143. The Balaban J connectivity index is 1.29. The van der Waals surface area contributed by atoms with E-state index in [1.54, 1.807) is 11.0 Å². The van der Waals surface area contributed by atoms with Gasteiger partial charge in [0.05, 0.1) is 17.3 Å². The van der Waals surface area contributed by atoms with Gasteiger partial charge < -0.3 is 9.80 Å². The monoisotopic (exact) mass is 498 g/mol. The van der Waals surface area contributed by atoms with Crippen LogP contribution in [-0.2, 0) is 17.5 Å². The van der Waals surface area contributed by atoms with Crippen LogP contribution in [0.3, 0.4) is 0 Å². The number of hydrogen-bond donors (Lipinski definition) is 0. The highest BCUT2D eigenvalue weighted by Crippen LogP contribution is 2.32. The van der Waals surface area contributed by atoms with Crippen molar-refractivity contribution in [3.8, 4) is 11.1 Å². The van der Waals surface area contributed by atoms with Crippen molar-refractivity contribution >= 4 is 33.1 Å². The van der Waals surface area contributed by atoms with Gasteiger partial charge in [-0.25, -0.2) is 4.98 Å². The SMILES string of the molecule is O=C(Cn1cnc2scc(-c3ccccc3)c2c1=O)N1CCN(c2cccc(C(F)(F)F)c2)CC1. The van der Waals surface area contributed by atoms with Crippen LogP contribution in [0.4, 0.5) is 18.9 Å². The molecule has 5 rings (SSSR count). The number of nitrogens with zero attached hydrogens (tertiary/aromatic N) is 4. The molecule has 0 saturated carbocycles. The molecule has 3 heterocycles. The molecule has 0 N–H and O–H groups in total. The highest BCUT2D eigenvalue weighted by atomic mass is 32.1. The van der Waals surface area contributed by atoms with E-state index in [0.29, 0.717) is 42.1 Å². The molecule has 4 aromatic rings. The van der Waals surface area contributed by atoms with Crippen LogP contribution in [0.15, 0.2) is 71.1 Å². The van der Waals surface area contributed by atoms with Crippen LogP contribution in [0.25, 0.3) is 21.3 Å². The Kier molecular flexibility index (Phi) is 6.06. The lowest BCUT2D eigenvalue weighted by Crippen LogP contribution is -2.50. The third-order valence-corrected chi connectivity index (χ3v) is 7.01. The number of anilines is 1. The van der Waals surface area contributed by atoms with Gasteiger partial charge >= 0.3 is 6.18 Å². The van der Waals surface area contributed by atoms with E-state index in [1.165, 1.54) is 28.3 Å². The minimum atomic E-state index is -4.40. The van der Waals surface area contributed by atoms with Gasteiger partial charge in [0.25, 0.3) is 5.56 Å². The van der Waals surface area contributed by atoms with E-state index in [0.717, 1.165) is 23.3 Å². The number of alkyl halides is 3. The van der Waals surface area contributed by atoms with E-state index in [9.17, 15) is 22.8 Å². The fourth-order valence-corrected chi connectivity index (χ4v) is 5.16. The fourth-order valence-electron chi connectivity index (χ4n) is 4.25. The first-order chi connectivity index (χ1) is 16.8. The van der Waals surface area contributed by atoms with Crippen LogP contribution in [-0.4, -0.2) is 46.5 Å². The lowest BCUT2D eigenvalue weighted by Gasteiger charge is -2.36. The summed E-state index contributed by atoms with van der Waals surface area (Å²) >= 11 is 1.38. The molecule has 6 nitrogen and oxygen atoms in total. The first-order valence-corrected chi connectivity index (χ1v) is 11.9. The Morgan fingerprint density at radius 3 is 2.46 bits per heavy atom. The van der Waals surface area contributed by atoms with Crippen molar-refractivity contribution in [3.05, 3.63) is 82.2 Å². The molecule has 1 fully saturated rings. The lowest BCUT2D eigenvalue weighted by molar-refractivity contribution is -0.137. The third kappa shape index (κ3) is 4.66. The van der Waals surface area contributed by atoms with Crippen molar-refractivity contribution < 1.29 is 18.0 Å². The second-order valence-corrected chi connectivity index (χ2v) is 9.15. The highest BCUT2D eigenvalue weighted by molar-refractivity contribution is 7.17. The van der Waals surface area contributed by atoms with Gasteiger partial charge in [-0.3, -0.25) is 14.2 Å². The van der Waals surface area contributed by atoms with Gasteiger partial charge in [0.1, 0.15) is 11.4 Å². The number of piperazine rings is 1. The average Bonchev–Trinajstić information content (AvgIpc) is 3.31. The summed E-state index contributed by atoms with van der Waals surface area (Å²) in [6, 6.07) is 14.7. The predicted molar refractivity (Wildman–Crippen MR) is 130 cm³/mol. The van der Waals surface area contributed by atoms with Gasteiger partial charge in [0, 0.05) is 42.8 Å². The number of fused-ring (bicyclic) bond motifs is 1. The second-order valence-electron chi connectivity index (χ2n) is 8.29. The summed E-state index contributed by atoms with van der Waals surface area (Å²) in [5, 5.41) is 2.39. The second kappa shape index (κ2) is 9.18. The molecule has 1 aliphatic heterocycles. The van der Waals surface area contributed by atoms with Crippen LogP contribution in [0.5, 0.6) is 0 Å². The molecule has 2 aromatic heterocycles. The first kappa shape index (κ1) is 23.1. The third-order valence-electron chi connectivity index (χ3n) is 6.12. The van der Waals surface area contributed by atoms with Crippen LogP contribution in [0.2, 0.25) is 0 Å². The number of thiophene rings is 1. The number of rotatable bonds is 4. The minimum Gasteiger partial charge on any atom is -0.368 e. The summed E-state index contributed by atoms with van der Waals surface area (Å²) < 4.78 is 40.4. The fraction of sp³-hybridized carbons (Fsp3) is 0.240. The van der Waals surface area contributed by atoms with Crippen molar-refractivity contribution in [2.24, 2.45) is 0 Å². The van der Waals surface area contributed by atoms with Gasteiger partial charge in [0.2, 0.25) is 5.91 Å². The van der Waals surface area contributed by atoms with Crippen LogP contribution in [0, 0.1) is 0 Å². The summed E-state index contributed by atoms with van der Waals surface area (Å²) in [5.41, 5.74) is 1.21. The first-order valence-electron chi connectivity index (χ1n) is 11.0. The smallest absolute Gasteiger partial charge is 0.368 e. The Bertz CT molecular complexity index is 1420.